The molecule has 4 nitrogen and oxygen atoms in total. The van der Waals surface area contributed by atoms with Gasteiger partial charge in [0.05, 0.1) is 0 Å². The number of benzene rings is 1. The van der Waals surface area contributed by atoms with Gasteiger partial charge in [-0.3, -0.25) is 4.68 Å². The van der Waals surface area contributed by atoms with Crippen LogP contribution in [0.25, 0.3) is 0 Å². The van der Waals surface area contributed by atoms with Crippen LogP contribution in [0.1, 0.15) is 31.2 Å². The molecule has 0 saturated carbocycles. The highest BCUT2D eigenvalue weighted by Crippen LogP contribution is 2.19. The molecule has 1 aromatic carbocycles. The molecule has 0 fully saturated rings. The van der Waals surface area contributed by atoms with E-state index in [2.05, 4.69) is 36.1 Å². The second kappa shape index (κ2) is 4.99. The third-order valence-electron chi connectivity index (χ3n) is 2.72. The fourth-order valence-electron chi connectivity index (χ4n) is 1.55. The van der Waals surface area contributed by atoms with Crippen molar-refractivity contribution in [1.82, 2.24) is 14.8 Å². The highest BCUT2D eigenvalue weighted by molar-refractivity contribution is 5.28. The van der Waals surface area contributed by atoms with Gasteiger partial charge in [-0.05, 0) is 23.6 Å². The number of aryl methyl sites for hydroxylation is 1. The molecule has 2 rings (SSSR count). The van der Waals surface area contributed by atoms with E-state index >= 15 is 0 Å². The van der Waals surface area contributed by atoms with Crippen LogP contribution in [0.2, 0.25) is 0 Å². The molecule has 0 atom stereocenters. The molecule has 17 heavy (non-hydrogen) atoms. The number of ether oxygens (including phenoxy) is 1. The molecule has 1 heterocycles. The van der Waals surface area contributed by atoms with Gasteiger partial charge in [0, 0.05) is 7.05 Å². The molecular weight excluding hydrogens is 214 g/mol. The third-order valence-corrected chi connectivity index (χ3v) is 2.72. The maximum Gasteiger partial charge on any atom is 0.164 e. The lowest BCUT2D eigenvalue weighted by atomic mass is 10.0. The lowest BCUT2D eigenvalue weighted by Crippen LogP contribution is -2.04. The van der Waals surface area contributed by atoms with E-state index < -0.39 is 0 Å². The molecule has 4 heteroatoms. The van der Waals surface area contributed by atoms with Crippen LogP contribution in [0.3, 0.4) is 0 Å². The summed E-state index contributed by atoms with van der Waals surface area (Å²) in [5, 5.41) is 3.99. The van der Waals surface area contributed by atoms with Crippen LogP contribution in [-0.2, 0) is 13.7 Å². The maximum absolute atomic E-state index is 5.64. The lowest BCUT2D eigenvalue weighted by Gasteiger charge is -2.08. The summed E-state index contributed by atoms with van der Waals surface area (Å²) in [5.41, 5.74) is 1.32. The minimum absolute atomic E-state index is 0.442. The molecule has 0 aliphatic carbocycles. The Bertz CT molecular complexity index is 474. The molecule has 0 saturated heterocycles. The van der Waals surface area contributed by atoms with Gasteiger partial charge in [0.25, 0.3) is 0 Å². The van der Waals surface area contributed by atoms with Crippen molar-refractivity contribution in [3.63, 3.8) is 0 Å². The zero-order valence-corrected chi connectivity index (χ0v) is 10.4. The van der Waals surface area contributed by atoms with Gasteiger partial charge in [0.1, 0.15) is 18.7 Å². The minimum atomic E-state index is 0.442. The van der Waals surface area contributed by atoms with E-state index in [1.807, 2.05) is 19.2 Å². The van der Waals surface area contributed by atoms with Gasteiger partial charge in [-0.15, -0.1) is 0 Å². The zero-order valence-electron chi connectivity index (χ0n) is 10.4. The van der Waals surface area contributed by atoms with Crippen LogP contribution in [0.4, 0.5) is 0 Å². The molecule has 0 N–H and O–H groups in total. The van der Waals surface area contributed by atoms with Crippen LogP contribution in [0.5, 0.6) is 5.75 Å². The summed E-state index contributed by atoms with van der Waals surface area (Å²) in [6.45, 7) is 4.79. The van der Waals surface area contributed by atoms with Crippen molar-refractivity contribution < 1.29 is 4.74 Å². The second-order valence-electron chi connectivity index (χ2n) is 4.31. The monoisotopic (exact) mass is 231 g/mol. The fraction of sp³-hybridized carbons (Fsp3) is 0.385. The molecule has 0 aliphatic heterocycles. The van der Waals surface area contributed by atoms with Crippen molar-refractivity contribution in [2.24, 2.45) is 7.05 Å². The average Bonchev–Trinajstić information content (AvgIpc) is 2.73. The van der Waals surface area contributed by atoms with Gasteiger partial charge in [0.2, 0.25) is 0 Å². The maximum atomic E-state index is 5.64. The van der Waals surface area contributed by atoms with E-state index in [0.717, 1.165) is 11.6 Å². The molecule has 0 spiro atoms. The van der Waals surface area contributed by atoms with Gasteiger partial charge in [0.15, 0.2) is 5.82 Å². The highest BCUT2D eigenvalue weighted by Gasteiger charge is 2.02. The first-order valence-corrected chi connectivity index (χ1v) is 5.72. The predicted octanol–water partition coefficient (Wildman–Crippen LogP) is 2.52. The summed E-state index contributed by atoms with van der Waals surface area (Å²) >= 11 is 0. The van der Waals surface area contributed by atoms with Crippen LogP contribution < -0.4 is 4.74 Å². The van der Waals surface area contributed by atoms with E-state index in [4.69, 9.17) is 4.74 Å². The third kappa shape index (κ3) is 2.84. The van der Waals surface area contributed by atoms with Gasteiger partial charge in [-0.25, -0.2) is 4.98 Å². The van der Waals surface area contributed by atoms with E-state index in [1.165, 1.54) is 11.9 Å². The first kappa shape index (κ1) is 11.6. The smallest absolute Gasteiger partial charge is 0.164 e. The largest absolute Gasteiger partial charge is 0.486 e. The molecule has 0 bridgehead atoms. The van der Waals surface area contributed by atoms with E-state index in [1.54, 1.807) is 4.68 Å². The summed E-state index contributed by atoms with van der Waals surface area (Å²) < 4.78 is 7.35. The summed E-state index contributed by atoms with van der Waals surface area (Å²) in [6.07, 6.45) is 1.53. The lowest BCUT2D eigenvalue weighted by molar-refractivity contribution is 0.289. The quantitative estimate of drug-likeness (QED) is 0.811. The number of hydrogen-bond acceptors (Lipinski definition) is 3. The summed E-state index contributed by atoms with van der Waals surface area (Å²) in [4.78, 5) is 4.10. The Morgan fingerprint density at radius 1 is 1.24 bits per heavy atom. The first-order valence-electron chi connectivity index (χ1n) is 5.72. The fourth-order valence-corrected chi connectivity index (χ4v) is 1.55. The van der Waals surface area contributed by atoms with Crippen molar-refractivity contribution in [3.05, 3.63) is 42.0 Å². The van der Waals surface area contributed by atoms with Crippen molar-refractivity contribution in [2.45, 2.75) is 26.4 Å². The Balaban J connectivity index is 1.98. The second-order valence-corrected chi connectivity index (χ2v) is 4.31. The molecular formula is C13H17N3O. The Morgan fingerprint density at radius 2 is 1.94 bits per heavy atom. The Kier molecular flexibility index (Phi) is 3.42. The zero-order chi connectivity index (χ0) is 12.3. The summed E-state index contributed by atoms with van der Waals surface area (Å²) in [6, 6.07) is 8.17. The van der Waals surface area contributed by atoms with Crippen LogP contribution in [-0.4, -0.2) is 14.8 Å². The molecule has 2 aromatic rings. The van der Waals surface area contributed by atoms with Crippen molar-refractivity contribution >= 4 is 0 Å². The Morgan fingerprint density at radius 3 is 2.47 bits per heavy atom. The summed E-state index contributed by atoms with van der Waals surface area (Å²) in [7, 11) is 1.85. The van der Waals surface area contributed by atoms with Gasteiger partial charge < -0.3 is 4.74 Å². The van der Waals surface area contributed by atoms with Crippen LogP contribution in [0, 0.1) is 0 Å². The number of nitrogens with zero attached hydrogens (tertiary/aromatic N) is 3. The van der Waals surface area contributed by atoms with Crippen molar-refractivity contribution in [3.8, 4) is 5.75 Å². The molecule has 0 amide bonds. The van der Waals surface area contributed by atoms with E-state index in [0.29, 0.717) is 12.5 Å². The van der Waals surface area contributed by atoms with Crippen molar-refractivity contribution in [1.29, 1.82) is 0 Å². The Labute approximate surface area is 101 Å². The normalized spacial score (nSPS) is 10.8. The first-order chi connectivity index (χ1) is 8.16. The highest BCUT2D eigenvalue weighted by atomic mass is 16.5. The average molecular weight is 231 g/mol. The van der Waals surface area contributed by atoms with Gasteiger partial charge in [-0.2, -0.15) is 5.10 Å². The topological polar surface area (TPSA) is 39.9 Å². The minimum Gasteiger partial charge on any atom is -0.486 e. The van der Waals surface area contributed by atoms with Gasteiger partial charge >= 0.3 is 0 Å². The molecule has 0 unspecified atom stereocenters. The number of aromatic nitrogens is 3. The Hall–Kier alpha value is -1.84. The van der Waals surface area contributed by atoms with E-state index in [-0.39, 0.29) is 0 Å². The summed E-state index contributed by atoms with van der Waals surface area (Å²) in [5.74, 6) is 2.22. The van der Waals surface area contributed by atoms with Crippen LogP contribution >= 0.6 is 0 Å². The molecule has 0 radical (unpaired) electrons. The molecule has 0 aliphatic rings. The van der Waals surface area contributed by atoms with Crippen LogP contribution in [0.15, 0.2) is 30.6 Å². The number of hydrogen-bond donors (Lipinski definition) is 0. The SMILES string of the molecule is CC(C)c1ccc(OCc2ncnn2C)cc1. The van der Waals surface area contributed by atoms with E-state index in [9.17, 15) is 0 Å². The molecule has 1 aromatic heterocycles. The number of rotatable bonds is 4. The molecule has 90 valence electrons. The van der Waals surface area contributed by atoms with Gasteiger partial charge in [-0.1, -0.05) is 26.0 Å². The van der Waals surface area contributed by atoms with Crippen molar-refractivity contribution in [2.75, 3.05) is 0 Å². The predicted molar refractivity (Wildman–Crippen MR) is 65.9 cm³/mol. The standard InChI is InChI=1S/C13H17N3O/c1-10(2)11-4-6-12(7-5-11)17-8-13-14-9-15-16(13)3/h4-7,9-10H,8H2,1-3H3.